The van der Waals surface area contributed by atoms with Crippen molar-refractivity contribution in [2.45, 2.75) is 25.9 Å². The minimum Gasteiger partial charge on any atom is -0.479 e. The van der Waals surface area contributed by atoms with Gasteiger partial charge in [-0.2, -0.15) is 0 Å². The molecule has 1 unspecified atom stereocenters. The molecule has 0 saturated carbocycles. The number of aromatic nitrogens is 1. The number of halogens is 1. The molecule has 1 saturated heterocycles. The summed E-state index contributed by atoms with van der Waals surface area (Å²) in [5.74, 6) is 0.753. The maximum absolute atomic E-state index is 12.6. The van der Waals surface area contributed by atoms with E-state index in [2.05, 4.69) is 10.3 Å². The number of carbonyl (C=O) groups excluding carboxylic acids is 2. The van der Waals surface area contributed by atoms with E-state index in [9.17, 15) is 9.59 Å². The Kier molecular flexibility index (Phi) is 6.29. The molecule has 142 valence electrons. The van der Waals surface area contributed by atoms with Gasteiger partial charge in [-0.3, -0.25) is 9.59 Å². The lowest BCUT2D eigenvalue weighted by Gasteiger charge is -2.33. The van der Waals surface area contributed by atoms with Crippen LogP contribution in [0.1, 0.15) is 19.8 Å². The number of rotatable bonds is 5. The van der Waals surface area contributed by atoms with Crippen LogP contribution in [-0.4, -0.2) is 40.9 Å². The quantitative estimate of drug-likeness (QED) is 0.853. The van der Waals surface area contributed by atoms with E-state index in [1.807, 2.05) is 18.2 Å². The SMILES string of the molecule is CC(Oc1ccccc1Cl)C(=O)N1CCC(C(=O)Nc2ccccn2)CC1. The average molecular weight is 388 g/mol. The molecule has 0 bridgehead atoms. The number of hydrogen-bond donors (Lipinski definition) is 1. The molecule has 7 heteroatoms. The molecule has 2 amide bonds. The second-order valence-corrected chi connectivity index (χ2v) is 6.90. The summed E-state index contributed by atoms with van der Waals surface area (Å²) in [6.07, 6.45) is 2.23. The van der Waals surface area contributed by atoms with Crippen molar-refractivity contribution in [3.63, 3.8) is 0 Å². The molecular formula is C20H22ClN3O3. The summed E-state index contributed by atoms with van der Waals surface area (Å²) in [5, 5.41) is 3.30. The highest BCUT2D eigenvalue weighted by Crippen LogP contribution is 2.25. The third-order valence-electron chi connectivity index (χ3n) is 4.58. The van der Waals surface area contributed by atoms with Gasteiger partial charge in [-0.1, -0.05) is 29.8 Å². The van der Waals surface area contributed by atoms with Gasteiger partial charge in [0.15, 0.2) is 6.10 Å². The Labute approximate surface area is 163 Å². The molecule has 1 fully saturated rings. The first kappa shape index (κ1) is 19.2. The van der Waals surface area contributed by atoms with Gasteiger partial charge in [0, 0.05) is 25.2 Å². The standard InChI is InChI=1S/C20H22ClN3O3/c1-14(27-17-7-3-2-6-16(17)21)20(26)24-12-9-15(10-13-24)19(25)23-18-8-4-5-11-22-18/h2-8,11,14-15H,9-10,12-13H2,1H3,(H,22,23,25). The van der Waals surface area contributed by atoms with Crippen molar-refractivity contribution in [1.82, 2.24) is 9.88 Å². The summed E-state index contributed by atoms with van der Waals surface area (Å²) >= 11 is 6.08. The van der Waals surface area contributed by atoms with Crippen LogP contribution in [0, 0.1) is 5.92 Å². The monoisotopic (exact) mass is 387 g/mol. The number of amides is 2. The van der Waals surface area contributed by atoms with Crippen LogP contribution in [0.4, 0.5) is 5.82 Å². The van der Waals surface area contributed by atoms with Gasteiger partial charge < -0.3 is 15.0 Å². The highest BCUT2D eigenvalue weighted by atomic mass is 35.5. The Morgan fingerprint density at radius 1 is 1.19 bits per heavy atom. The summed E-state index contributed by atoms with van der Waals surface area (Å²) in [5.41, 5.74) is 0. The van der Waals surface area contributed by atoms with E-state index < -0.39 is 6.10 Å². The van der Waals surface area contributed by atoms with Crippen LogP contribution in [0.2, 0.25) is 5.02 Å². The number of ether oxygens (including phenoxy) is 1. The first-order chi connectivity index (χ1) is 13.0. The molecule has 0 radical (unpaired) electrons. The van der Waals surface area contributed by atoms with Crippen LogP contribution in [0.15, 0.2) is 48.7 Å². The van der Waals surface area contributed by atoms with E-state index in [-0.39, 0.29) is 17.7 Å². The largest absolute Gasteiger partial charge is 0.479 e. The minimum atomic E-state index is -0.635. The maximum Gasteiger partial charge on any atom is 0.263 e. The van der Waals surface area contributed by atoms with Crippen molar-refractivity contribution in [2.24, 2.45) is 5.92 Å². The fourth-order valence-electron chi connectivity index (χ4n) is 3.07. The van der Waals surface area contributed by atoms with Crippen LogP contribution >= 0.6 is 11.6 Å². The lowest BCUT2D eigenvalue weighted by Crippen LogP contribution is -2.46. The molecule has 2 heterocycles. The van der Waals surface area contributed by atoms with Gasteiger partial charge in [-0.05, 0) is 44.0 Å². The van der Waals surface area contributed by atoms with Gasteiger partial charge in [0.2, 0.25) is 5.91 Å². The predicted molar refractivity (Wildman–Crippen MR) is 104 cm³/mol. The maximum atomic E-state index is 12.6. The zero-order valence-electron chi connectivity index (χ0n) is 15.1. The molecule has 3 rings (SSSR count). The lowest BCUT2D eigenvalue weighted by molar-refractivity contribution is -0.140. The van der Waals surface area contributed by atoms with Crippen LogP contribution in [0.5, 0.6) is 5.75 Å². The zero-order valence-corrected chi connectivity index (χ0v) is 15.9. The van der Waals surface area contributed by atoms with Gasteiger partial charge >= 0.3 is 0 Å². The van der Waals surface area contributed by atoms with Crippen molar-refractivity contribution in [2.75, 3.05) is 18.4 Å². The van der Waals surface area contributed by atoms with E-state index in [4.69, 9.17) is 16.3 Å². The summed E-state index contributed by atoms with van der Waals surface area (Å²) in [7, 11) is 0. The highest BCUT2D eigenvalue weighted by molar-refractivity contribution is 6.32. The number of pyridine rings is 1. The van der Waals surface area contributed by atoms with E-state index in [1.165, 1.54) is 0 Å². The molecule has 0 aliphatic carbocycles. The van der Waals surface area contributed by atoms with Gasteiger partial charge in [0.05, 0.1) is 5.02 Å². The average Bonchev–Trinajstić information content (AvgIpc) is 2.70. The zero-order chi connectivity index (χ0) is 19.2. The Morgan fingerprint density at radius 2 is 1.89 bits per heavy atom. The first-order valence-corrected chi connectivity index (χ1v) is 9.34. The van der Waals surface area contributed by atoms with E-state index in [0.29, 0.717) is 42.5 Å². The van der Waals surface area contributed by atoms with Crippen LogP contribution in [0.3, 0.4) is 0 Å². The molecule has 1 aliphatic heterocycles. The summed E-state index contributed by atoms with van der Waals surface area (Å²) in [6, 6.07) is 12.5. The fourth-order valence-corrected chi connectivity index (χ4v) is 3.25. The first-order valence-electron chi connectivity index (χ1n) is 8.96. The second kappa shape index (κ2) is 8.86. The molecule has 27 heavy (non-hydrogen) atoms. The number of piperidine rings is 1. The lowest BCUT2D eigenvalue weighted by atomic mass is 9.95. The van der Waals surface area contributed by atoms with E-state index in [0.717, 1.165) is 0 Å². The molecule has 0 spiro atoms. The second-order valence-electron chi connectivity index (χ2n) is 6.49. The molecule has 1 atom stereocenters. The number of hydrogen-bond acceptors (Lipinski definition) is 4. The Hall–Kier alpha value is -2.60. The van der Waals surface area contributed by atoms with Crippen LogP contribution in [-0.2, 0) is 9.59 Å². The normalized spacial score (nSPS) is 15.9. The topological polar surface area (TPSA) is 71.5 Å². The molecule has 1 aliphatic rings. The highest BCUT2D eigenvalue weighted by Gasteiger charge is 2.30. The summed E-state index contributed by atoms with van der Waals surface area (Å²) < 4.78 is 5.70. The van der Waals surface area contributed by atoms with Crippen LogP contribution < -0.4 is 10.1 Å². The molecule has 1 aromatic heterocycles. The van der Waals surface area contributed by atoms with Gasteiger partial charge in [-0.15, -0.1) is 0 Å². The molecular weight excluding hydrogens is 366 g/mol. The van der Waals surface area contributed by atoms with Crippen molar-refractivity contribution < 1.29 is 14.3 Å². The Bertz CT molecular complexity index is 792. The number of nitrogens with one attached hydrogen (secondary N) is 1. The molecule has 2 aromatic rings. The molecule has 6 nitrogen and oxygen atoms in total. The minimum absolute atomic E-state index is 0.0545. The summed E-state index contributed by atoms with van der Waals surface area (Å²) in [4.78, 5) is 30.8. The van der Waals surface area contributed by atoms with Gasteiger partial charge in [0.25, 0.3) is 5.91 Å². The Balaban J connectivity index is 1.50. The molecule has 1 N–H and O–H groups in total. The van der Waals surface area contributed by atoms with Gasteiger partial charge in [-0.25, -0.2) is 4.98 Å². The van der Waals surface area contributed by atoms with Crippen molar-refractivity contribution in [3.8, 4) is 5.75 Å². The van der Waals surface area contributed by atoms with Crippen molar-refractivity contribution >= 4 is 29.2 Å². The third kappa shape index (κ3) is 4.98. The van der Waals surface area contributed by atoms with E-state index in [1.54, 1.807) is 42.3 Å². The van der Waals surface area contributed by atoms with Crippen molar-refractivity contribution in [1.29, 1.82) is 0 Å². The number of anilines is 1. The number of nitrogens with zero attached hydrogens (tertiary/aromatic N) is 2. The van der Waals surface area contributed by atoms with Gasteiger partial charge in [0.1, 0.15) is 11.6 Å². The predicted octanol–water partition coefficient (Wildman–Crippen LogP) is 3.38. The third-order valence-corrected chi connectivity index (χ3v) is 4.89. The number of carbonyl (C=O) groups is 2. The number of benzene rings is 1. The Morgan fingerprint density at radius 3 is 2.56 bits per heavy atom. The number of likely N-dealkylation sites (tertiary alicyclic amines) is 1. The smallest absolute Gasteiger partial charge is 0.263 e. The fraction of sp³-hybridized carbons (Fsp3) is 0.350. The van der Waals surface area contributed by atoms with Crippen molar-refractivity contribution in [3.05, 3.63) is 53.7 Å². The van der Waals surface area contributed by atoms with Crippen LogP contribution in [0.25, 0.3) is 0 Å². The van der Waals surface area contributed by atoms with E-state index >= 15 is 0 Å². The summed E-state index contributed by atoms with van der Waals surface area (Å²) in [6.45, 7) is 2.76. The molecule has 1 aromatic carbocycles. The number of para-hydroxylation sites is 1.